The molecule has 0 spiro atoms. The number of furan rings is 1. The summed E-state index contributed by atoms with van der Waals surface area (Å²) in [5.74, 6) is -1.43. The van der Waals surface area contributed by atoms with Gasteiger partial charge in [-0.15, -0.1) is 0 Å². The number of fused-ring (bicyclic) bond motifs is 2. The van der Waals surface area contributed by atoms with Crippen LogP contribution < -0.4 is 5.32 Å². The number of benzene rings is 1. The summed E-state index contributed by atoms with van der Waals surface area (Å²) in [6.07, 6.45) is 5.50. The van der Waals surface area contributed by atoms with Crippen LogP contribution >= 0.6 is 11.8 Å². The van der Waals surface area contributed by atoms with E-state index in [1.54, 1.807) is 42.1 Å². The van der Waals surface area contributed by atoms with Crippen molar-refractivity contribution in [3.63, 3.8) is 0 Å². The minimum atomic E-state index is -0.658. The number of esters is 1. The average molecular weight is 449 g/mol. The number of hydrogen-bond donors (Lipinski definition) is 1. The molecule has 9 heteroatoms. The van der Waals surface area contributed by atoms with E-state index in [2.05, 4.69) is 15.3 Å². The van der Waals surface area contributed by atoms with Crippen LogP contribution in [0.4, 0.5) is 5.69 Å². The number of nitrogens with zero attached hydrogens (tertiary/aromatic N) is 2. The van der Waals surface area contributed by atoms with Crippen LogP contribution in [0.2, 0.25) is 0 Å². The summed E-state index contributed by atoms with van der Waals surface area (Å²) >= 11 is 1.56. The number of amidine groups is 1. The summed E-state index contributed by atoms with van der Waals surface area (Å²) in [4.78, 5) is 47.4. The van der Waals surface area contributed by atoms with Crippen LogP contribution in [-0.2, 0) is 9.53 Å². The molecule has 162 valence electrons. The number of carbonyl (C=O) groups is 3. The minimum absolute atomic E-state index is 0.124. The quantitative estimate of drug-likeness (QED) is 0.685. The summed E-state index contributed by atoms with van der Waals surface area (Å²) in [5.41, 5.74) is 1.62. The van der Waals surface area contributed by atoms with Crippen LogP contribution in [0.15, 0.2) is 67.5 Å². The monoisotopic (exact) mass is 449 g/mol. The fourth-order valence-electron chi connectivity index (χ4n) is 3.98. The molecule has 0 fully saturated rings. The zero-order valence-corrected chi connectivity index (χ0v) is 17.8. The number of thioether (sulfide) groups is 1. The fourth-order valence-corrected chi connectivity index (χ4v) is 5.34. The SMILES string of the molecule is O=C(Nc1ccccc1C(=O)OCC1=NC(=O)C2C(=N1)SC1=C2CCCC1)c1ccco1. The first kappa shape index (κ1) is 20.4. The number of allylic oxidation sites excluding steroid dienone is 1. The zero-order valence-electron chi connectivity index (χ0n) is 17.0. The molecule has 2 aliphatic heterocycles. The highest BCUT2D eigenvalue weighted by Crippen LogP contribution is 2.47. The standard InChI is InChI=1S/C23H19N3O5S/c27-20(16-9-5-11-30-16)24-15-8-3-1-6-13(15)23(29)31-12-18-25-21(28)19-14-7-2-4-10-17(14)32-22(19)26-18/h1,3,5-6,8-9,11,19H,2,4,7,10,12H2,(H,24,27). The first-order chi connectivity index (χ1) is 15.6. The van der Waals surface area contributed by atoms with Crippen molar-refractivity contribution in [1.82, 2.24) is 0 Å². The van der Waals surface area contributed by atoms with Gasteiger partial charge in [-0.25, -0.2) is 9.79 Å². The molecule has 0 radical (unpaired) electrons. The molecule has 1 unspecified atom stereocenters. The molecule has 1 aliphatic carbocycles. The highest BCUT2D eigenvalue weighted by atomic mass is 32.2. The van der Waals surface area contributed by atoms with Crippen LogP contribution in [0.1, 0.15) is 46.6 Å². The van der Waals surface area contributed by atoms with Gasteiger partial charge in [0.25, 0.3) is 11.8 Å². The van der Waals surface area contributed by atoms with Gasteiger partial charge in [0.05, 0.1) is 22.6 Å². The summed E-state index contributed by atoms with van der Waals surface area (Å²) in [7, 11) is 0. The molecule has 5 rings (SSSR count). The van der Waals surface area contributed by atoms with Gasteiger partial charge in [0.1, 0.15) is 5.92 Å². The first-order valence-electron chi connectivity index (χ1n) is 10.3. The summed E-state index contributed by atoms with van der Waals surface area (Å²) in [6.45, 7) is -0.230. The molecule has 1 aromatic heterocycles. The number of rotatable bonds is 5. The topological polar surface area (TPSA) is 110 Å². The number of nitrogens with one attached hydrogen (secondary N) is 1. The summed E-state index contributed by atoms with van der Waals surface area (Å²) in [6, 6.07) is 9.61. The molecule has 2 amide bonds. The third-order valence-electron chi connectivity index (χ3n) is 5.48. The number of aliphatic imine (C=N–C) groups is 2. The normalized spacial score (nSPS) is 19.6. The van der Waals surface area contributed by atoms with Gasteiger partial charge in [0, 0.05) is 0 Å². The van der Waals surface area contributed by atoms with Crippen LogP contribution in [0, 0.1) is 5.92 Å². The smallest absolute Gasteiger partial charge is 0.340 e. The number of ether oxygens (including phenoxy) is 1. The number of hydrogen-bond acceptors (Lipinski definition) is 7. The van der Waals surface area contributed by atoms with Gasteiger partial charge in [0.15, 0.2) is 18.2 Å². The Labute approximate surface area is 187 Å². The second-order valence-corrected chi connectivity index (χ2v) is 8.68. The number of amides is 2. The lowest BCUT2D eigenvalue weighted by Crippen LogP contribution is -2.28. The van der Waals surface area contributed by atoms with E-state index in [1.807, 2.05) is 0 Å². The third kappa shape index (κ3) is 3.91. The second-order valence-electron chi connectivity index (χ2n) is 7.56. The molecule has 3 heterocycles. The molecule has 2 aromatic rings. The van der Waals surface area contributed by atoms with Gasteiger partial charge in [-0.2, -0.15) is 4.99 Å². The Hall–Kier alpha value is -3.46. The van der Waals surface area contributed by atoms with Gasteiger partial charge < -0.3 is 14.5 Å². The van der Waals surface area contributed by atoms with Crippen molar-refractivity contribution < 1.29 is 23.5 Å². The van der Waals surface area contributed by atoms with Crippen molar-refractivity contribution in [3.05, 3.63) is 64.5 Å². The van der Waals surface area contributed by atoms with Gasteiger partial charge in [-0.05, 0) is 60.4 Å². The van der Waals surface area contributed by atoms with Crippen molar-refractivity contribution in [1.29, 1.82) is 0 Å². The van der Waals surface area contributed by atoms with E-state index in [0.29, 0.717) is 0 Å². The van der Waals surface area contributed by atoms with Crippen LogP contribution in [0.5, 0.6) is 0 Å². The molecular weight excluding hydrogens is 430 g/mol. The van der Waals surface area contributed by atoms with Gasteiger partial charge in [-0.3, -0.25) is 9.59 Å². The third-order valence-corrected chi connectivity index (χ3v) is 6.73. The van der Waals surface area contributed by atoms with E-state index < -0.39 is 11.9 Å². The molecule has 3 aliphatic rings. The van der Waals surface area contributed by atoms with Crippen LogP contribution in [0.3, 0.4) is 0 Å². The maximum atomic E-state index is 12.7. The van der Waals surface area contributed by atoms with E-state index in [4.69, 9.17) is 9.15 Å². The van der Waals surface area contributed by atoms with Gasteiger partial charge in [-0.1, -0.05) is 23.9 Å². The molecule has 0 saturated heterocycles. The van der Waals surface area contributed by atoms with Gasteiger partial charge >= 0.3 is 5.97 Å². The van der Waals surface area contributed by atoms with Crippen LogP contribution in [-0.4, -0.2) is 35.3 Å². The molecule has 0 saturated carbocycles. The maximum Gasteiger partial charge on any atom is 0.340 e. The molecule has 1 N–H and O–H groups in total. The molecule has 8 nitrogen and oxygen atoms in total. The average Bonchev–Trinajstić information content (AvgIpc) is 3.46. The van der Waals surface area contributed by atoms with Crippen molar-refractivity contribution in [2.75, 3.05) is 11.9 Å². The summed E-state index contributed by atoms with van der Waals surface area (Å²) in [5, 5.41) is 3.37. The largest absolute Gasteiger partial charge is 0.459 e. The maximum absolute atomic E-state index is 12.7. The van der Waals surface area contributed by atoms with Crippen molar-refractivity contribution in [3.8, 4) is 0 Å². The number of anilines is 1. The number of carbonyl (C=O) groups excluding carboxylic acids is 3. The minimum Gasteiger partial charge on any atom is -0.459 e. The molecule has 1 atom stereocenters. The van der Waals surface area contributed by atoms with Crippen molar-refractivity contribution in [2.45, 2.75) is 25.7 Å². The predicted octanol–water partition coefficient (Wildman–Crippen LogP) is 4.22. The van der Waals surface area contributed by atoms with Gasteiger partial charge in [0.2, 0.25) is 0 Å². The number of para-hydroxylation sites is 1. The zero-order chi connectivity index (χ0) is 22.1. The Morgan fingerprint density at radius 1 is 1.12 bits per heavy atom. The highest BCUT2D eigenvalue weighted by molar-refractivity contribution is 8.17. The molecule has 1 aromatic carbocycles. The lowest BCUT2D eigenvalue weighted by atomic mass is 9.89. The molecular formula is C23H19N3O5S. The lowest BCUT2D eigenvalue weighted by Gasteiger charge is -2.18. The highest BCUT2D eigenvalue weighted by Gasteiger charge is 2.40. The second kappa shape index (κ2) is 8.58. The predicted molar refractivity (Wildman–Crippen MR) is 120 cm³/mol. The van der Waals surface area contributed by atoms with E-state index in [-0.39, 0.29) is 41.3 Å². The van der Waals surface area contributed by atoms with E-state index in [1.165, 1.54) is 17.2 Å². The van der Waals surface area contributed by atoms with Crippen molar-refractivity contribution >= 4 is 46.1 Å². The Bertz CT molecular complexity index is 1200. The molecule has 32 heavy (non-hydrogen) atoms. The lowest BCUT2D eigenvalue weighted by molar-refractivity contribution is -0.118. The van der Waals surface area contributed by atoms with Crippen molar-refractivity contribution in [2.24, 2.45) is 15.9 Å². The molecule has 0 bridgehead atoms. The van der Waals surface area contributed by atoms with E-state index in [9.17, 15) is 14.4 Å². The Kier molecular flexibility index (Phi) is 5.48. The fraction of sp³-hybridized carbons (Fsp3) is 0.261. The Balaban J connectivity index is 1.26. The Morgan fingerprint density at radius 3 is 2.81 bits per heavy atom. The summed E-state index contributed by atoms with van der Waals surface area (Å²) < 4.78 is 10.4. The van der Waals surface area contributed by atoms with Crippen LogP contribution in [0.25, 0.3) is 0 Å². The Morgan fingerprint density at radius 2 is 1.97 bits per heavy atom. The first-order valence-corrected chi connectivity index (χ1v) is 11.1. The van der Waals surface area contributed by atoms with E-state index in [0.717, 1.165) is 36.3 Å². The van der Waals surface area contributed by atoms with E-state index >= 15 is 0 Å².